The molecule has 0 saturated carbocycles. The maximum Gasteiger partial charge on any atom is 0.191 e. The Balaban J connectivity index is 1.49. The molecule has 122 valence electrons. The molecular weight excluding hydrogens is 318 g/mol. The monoisotopic (exact) mass is 337 g/mol. The van der Waals surface area contributed by atoms with Gasteiger partial charge >= 0.3 is 0 Å². The quantitative estimate of drug-likeness (QED) is 0.530. The van der Waals surface area contributed by atoms with Gasteiger partial charge < -0.3 is 4.57 Å². The minimum absolute atomic E-state index is 0.136. The van der Waals surface area contributed by atoms with E-state index < -0.39 is 0 Å². The number of nitrogens with zero attached hydrogens (tertiary/aromatic N) is 3. The smallest absolute Gasteiger partial charge is 0.191 e. The topological polar surface area (TPSA) is 47.8 Å². The summed E-state index contributed by atoms with van der Waals surface area (Å²) in [5.41, 5.74) is 0.761. The molecule has 5 heteroatoms. The maximum absolute atomic E-state index is 12.5. The summed E-state index contributed by atoms with van der Waals surface area (Å²) in [6.07, 6.45) is 4.58. The number of rotatable bonds is 4. The predicted octanol–water partition coefficient (Wildman–Crippen LogP) is 4.13. The molecule has 0 amide bonds. The molecule has 0 bridgehead atoms. The number of fused-ring (bicyclic) bond motifs is 2. The van der Waals surface area contributed by atoms with Gasteiger partial charge in [0.2, 0.25) is 0 Å². The van der Waals surface area contributed by atoms with Gasteiger partial charge in [-0.25, -0.2) is 0 Å². The van der Waals surface area contributed by atoms with E-state index in [1.165, 1.54) is 24.6 Å². The third-order valence-corrected chi connectivity index (χ3v) is 5.45. The fourth-order valence-electron chi connectivity index (χ4n) is 3.14. The van der Waals surface area contributed by atoms with Gasteiger partial charge in [-0.2, -0.15) is 0 Å². The molecule has 0 spiro atoms. The molecule has 0 atom stereocenters. The SMILES string of the molecule is O=C(CSc1nnc2n1CCCCC2)c1ccc2ccccc2c1. The molecule has 0 radical (unpaired) electrons. The molecule has 0 saturated heterocycles. The number of benzene rings is 2. The number of aromatic nitrogens is 3. The average Bonchev–Trinajstić information content (AvgIpc) is 2.85. The summed E-state index contributed by atoms with van der Waals surface area (Å²) in [4.78, 5) is 12.5. The van der Waals surface area contributed by atoms with Crippen LogP contribution in [0.2, 0.25) is 0 Å². The van der Waals surface area contributed by atoms with Gasteiger partial charge in [-0.05, 0) is 29.7 Å². The number of aryl methyl sites for hydroxylation is 1. The van der Waals surface area contributed by atoms with Crippen LogP contribution in [0.3, 0.4) is 0 Å². The summed E-state index contributed by atoms with van der Waals surface area (Å²) >= 11 is 1.50. The number of carbonyl (C=O) groups is 1. The Morgan fingerprint density at radius 3 is 2.83 bits per heavy atom. The van der Waals surface area contributed by atoms with E-state index in [1.807, 2.05) is 36.4 Å². The van der Waals surface area contributed by atoms with Crippen molar-refractivity contribution in [1.82, 2.24) is 14.8 Å². The van der Waals surface area contributed by atoms with E-state index in [0.717, 1.165) is 46.7 Å². The molecule has 0 aliphatic carbocycles. The van der Waals surface area contributed by atoms with Crippen LogP contribution in [0.5, 0.6) is 0 Å². The first-order chi connectivity index (χ1) is 11.8. The molecule has 2 heterocycles. The van der Waals surface area contributed by atoms with Crippen LogP contribution in [-0.4, -0.2) is 26.3 Å². The van der Waals surface area contributed by atoms with E-state index in [-0.39, 0.29) is 5.78 Å². The van der Waals surface area contributed by atoms with Crippen LogP contribution in [0.25, 0.3) is 10.8 Å². The van der Waals surface area contributed by atoms with Crippen LogP contribution in [0, 0.1) is 0 Å². The van der Waals surface area contributed by atoms with Crippen molar-refractivity contribution in [2.45, 2.75) is 37.4 Å². The molecule has 1 aromatic heterocycles. The second kappa shape index (κ2) is 6.77. The largest absolute Gasteiger partial charge is 0.306 e. The first-order valence-electron chi connectivity index (χ1n) is 8.38. The van der Waals surface area contributed by atoms with Gasteiger partial charge in [-0.3, -0.25) is 4.79 Å². The zero-order chi connectivity index (χ0) is 16.4. The van der Waals surface area contributed by atoms with Gasteiger partial charge in [0, 0.05) is 18.5 Å². The lowest BCUT2D eigenvalue weighted by Crippen LogP contribution is -2.06. The summed E-state index contributed by atoms with van der Waals surface area (Å²) in [7, 11) is 0. The van der Waals surface area contributed by atoms with Crippen LogP contribution in [0.15, 0.2) is 47.6 Å². The molecule has 0 N–H and O–H groups in total. The van der Waals surface area contributed by atoms with Crippen molar-refractivity contribution in [1.29, 1.82) is 0 Å². The van der Waals surface area contributed by atoms with Gasteiger partial charge in [0.1, 0.15) is 5.82 Å². The van der Waals surface area contributed by atoms with E-state index in [2.05, 4.69) is 20.8 Å². The van der Waals surface area contributed by atoms with Crippen molar-refractivity contribution in [3.63, 3.8) is 0 Å². The van der Waals surface area contributed by atoms with Crippen molar-refractivity contribution >= 4 is 28.3 Å². The molecule has 0 unspecified atom stereocenters. The maximum atomic E-state index is 12.5. The molecule has 4 rings (SSSR count). The number of hydrogen-bond donors (Lipinski definition) is 0. The second-order valence-electron chi connectivity index (χ2n) is 6.13. The zero-order valence-electron chi connectivity index (χ0n) is 13.4. The summed E-state index contributed by atoms with van der Waals surface area (Å²) in [6.45, 7) is 0.967. The average molecular weight is 337 g/mol. The van der Waals surface area contributed by atoms with Gasteiger partial charge in [0.15, 0.2) is 10.9 Å². The van der Waals surface area contributed by atoms with Crippen LogP contribution in [0.1, 0.15) is 35.4 Å². The Labute approximate surface area is 145 Å². The van der Waals surface area contributed by atoms with E-state index in [9.17, 15) is 4.79 Å². The fraction of sp³-hybridized carbons (Fsp3) is 0.316. The lowest BCUT2D eigenvalue weighted by molar-refractivity contribution is 0.102. The molecule has 0 fully saturated rings. The second-order valence-corrected chi connectivity index (χ2v) is 7.08. The Bertz CT molecular complexity index is 887. The number of carbonyl (C=O) groups excluding carboxylic acids is 1. The molecule has 4 nitrogen and oxygen atoms in total. The Morgan fingerprint density at radius 2 is 1.92 bits per heavy atom. The van der Waals surface area contributed by atoms with Crippen molar-refractivity contribution in [3.8, 4) is 0 Å². The van der Waals surface area contributed by atoms with Crippen LogP contribution in [0.4, 0.5) is 0 Å². The number of hydrogen-bond acceptors (Lipinski definition) is 4. The normalized spacial score (nSPS) is 14.3. The van der Waals surface area contributed by atoms with Crippen molar-refractivity contribution < 1.29 is 4.79 Å². The summed E-state index contributed by atoms with van der Waals surface area (Å²) < 4.78 is 2.19. The first kappa shape index (κ1) is 15.4. The minimum atomic E-state index is 0.136. The van der Waals surface area contributed by atoms with Gasteiger partial charge in [0.05, 0.1) is 5.75 Å². The Kier molecular flexibility index (Phi) is 4.34. The fourth-order valence-corrected chi connectivity index (χ4v) is 4.02. The minimum Gasteiger partial charge on any atom is -0.306 e. The Morgan fingerprint density at radius 1 is 1.04 bits per heavy atom. The number of thioether (sulfide) groups is 1. The van der Waals surface area contributed by atoms with Crippen LogP contribution >= 0.6 is 11.8 Å². The molecule has 2 aromatic carbocycles. The van der Waals surface area contributed by atoms with Gasteiger partial charge in [0.25, 0.3) is 0 Å². The molecule has 3 aromatic rings. The zero-order valence-corrected chi connectivity index (χ0v) is 14.3. The Hall–Kier alpha value is -2.14. The van der Waals surface area contributed by atoms with E-state index in [4.69, 9.17) is 0 Å². The highest BCUT2D eigenvalue weighted by atomic mass is 32.2. The first-order valence-corrected chi connectivity index (χ1v) is 9.37. The highest BCUT2D eigenvalue weighted by Crippen LogP contribution is 2.23. The van der Waals surface area contributed by atoms with Gasteiger partial charge in [-0.1, -0.05) is 54.6 Å². The van der Waals surface area contributed by atoms with Crippen molar-refractivity contribution in [2.75, 3.05) is 5.75 Å². The molecule has 24 heavy (non-hydrogen) atoms. The highest BCUT2D eigenvalue weighted by molar-refractivity contribution is 7.99. The lowest BCUT2D eigenvalue weighted by atomic mass is 10.1. The summed E-state index contributed by atoms with van der Waals surface area (Å²) in [5.74, 6) is 1.60. The third kappa shape index (κ3) is 3.08. The van der Waals surface area contributed by atoms with E-state index in [0.29, 0.717) is 5.75 Å². The van der Waals surface area contributed by atoms with Crippen molar-refractivity contribution in [2.24, 2.45) is 0 Å². The predicted molar refractivity (Wildman–Crippen MR) is 96.6 cm³/mol. The summed E-state index contributed by atoms with van der Waals surface area (Å²) in [5, 5.41) is 11.7. The molecular formula is C19H19N3OS. The highest BCUT2D eigenvalue weighted by Gasteiger charge is 2.16. The van der Waals surface area contributed by atoms with E-state index >= 15 is 0 Å². The van der Waals surface area contributed by atoms with Crippen LogP contribution < -0.4 is 0 Å². The van der Waals surface area contributed by atoms with Crippen LogP contribution in [-0.2, 0) is 13.0 Å². The molecule has 1 aliphatic heterocycles. The lowest BCUT2D eigenvalue weighted by Gasteiger charge is -2.06. The number of ketones is 1. The third-order valence-electron chi connectivity index (χ3n) is 4.48. The van der Waals surface area contributed by atoms with E-state index in [1.54, 1.807) is 0 Å². The number of Topliss-reactive ketones (excluding diaryl/α,β-unsaturated/α-hetero) is 1. The standard InChI is InChI=1S/C19H19N3OS/c23-17(16-10-9-14-6-3-4-7-15(14)12-16)13-24-19-21-20-18-8-2-1-5-11-22(18)19/h3-4,6-7,9-10,12H,1-2,5,8,11,13H2. The van der Waals surface area contributed by atoms with Gasteiger partial charge in [-0.15, -0.1) is 10.2 Å². The summed E-state index contributed by atoms with van der Waals surface area (Å²) in [6, 6.07) is 14.0. The molecule has 1 aliphatic rings. The van der Waals surface area contributed by atoms with Crippen molar-refractivity contribution in [3.05, 3.63) is 53.9 Å².